The second kappa shape index (κ2) is 17.8. The summed E-state index contributed by atoms with van der Waals surface area (Å²) in [5.41, 5.74) is 5.73. The van der Waals surface area contributed by atoms with Crippen LogP contribution in [-0.4, -0.2) is 83.6 Å². The fraction of sp³-hybridized carbons (Fsp3) is 0.347. The number of nitrogens with zero attached hydrogens (tertiary/aromatic N) is 4. The summed E-state index contributed by atoms with van der Waals surface area (Å²) in [5.74, 6) is 0.755. The van der Waals surface area contributed by atoms with E-state index in [1.807, 2.05) is 44.2 Å². The standard InChI is InChI=1S/C49H54N8O6/c1-29(2)41(54-47(60)61)45(58)56-23-9-13-39(56)44-51-28-38(53-44)36-22-21-34-25-33(19-20-35(34)26-36)30-15-17-31(18-16-30)37-27-50-43(52-37)40-14-10-24-57(40)46(59)42(32-11-7-6-8-12-32)55-48(62)63-49(3,4)5/h6-8,11-12,15-22,25-29,39-42,54H,9-10,13-14,23-24H2,1-5H3,(H,50,52)(H,51,53)(H,55,62)(H,60,61). The quantitative estimate of drug-likeness (QED) is 0.0854. The zero-order chi connectivity index (χ0) is 44.4. The van der Waals surface area contributed by atoms with Crippen molar-refractivity contribution in [3.05, 3.63) is 121 Å². The first kappa shape index (κ1) is 42.7. The molecule has 0 bridgehead atoms. The van der Waals surface area contributed by atoms with E-state index >= 15 is 0 Å². The first-order valence-electron chi connectivity index (χ1n) is 21.6. The largest absolute Gasteiger partial charge is 0.465 e. The SMILES string of the molecule is CC(C)C(NC(=O)O)C(=O)N1CCCC1c1ncc(-c2ccc3cc(-c4ccc(-c5cnc(C6CCCN6C(=O)C(NC(=O)OC(C)(C)C)c6ccccc6)[nH]5)cc4)ccc3c2)[nH]1. The topological polar surface area (TPSA) is 186 Å². The molecule has 4 atom stereocenters. The fourth-order valence-electron chi connectivity index (χ4n) is 8.72. The number of ether oxygens (including phenoxy) is 1. The Kier molecular flexibility index (Phi) is 12.1. The zero-order valence-corrected chi connectivity index (χ0v) is 36.2. The molecule has 63 heavy (non-hydrogen) atoms. The smallest absolute Gasteiger partial charge is 0.408 e. The van der Waals surface area contributed by atoms with E-state index < -0.39 is 29.9 Å². The molecule has 2 aliphatic rings. The molecule has 0 aliphatic carbocycles. The van der Waals surface area contributed by atoms with Gasteiger partial charge in [-0.05, 0) is 97.5 Å². The Hall–Kier alpha value is -6.96. The van der Waals surface area contributed by atoms with Gasteiger partial charge in [0.05, 0.1) is 35.9 Å². The molecule has 4 amide bonds. The fourth-order valence-corrected chi connectivity index (χ4v) is 8.72. The molecule has 8 rings (SSSR count). The number of hydrogen-bond acceptors (Lipinski definition) is 7. The highest BCUT2D eigenvalue weighted by Gasteiger charge is 2.39. The van der Waals surface area contributed by atoms with Gasteiger partial charge in [0.1, 0.15) is 29.3 Å². The lowest BCUT2D eigenvalue weighted by Gasteiger charge is -2.29. The number of nitrogens with one attached hydrogen (secondary N) is 4. The Morgan fingerprint density at radius 3 is 1.79 bits per heavy atom. The lowest BCUT2D eigenvalue weighted by atomic mass is 9.98. The predicted octanol–water partition coefficient (Wildman–Crippen LogP) is 9.17. The van der Waals surface area contributed by atoms with Crippen LogP contribution in [0.2, 0.25) is 0 Å². The third-order valence-corrected chi connectivity index (χ3v) is 11.8. The van der Waals surface area contributed by atoms with Gasteiger partial charge in [-0.2, -0.15) is 0 Å². The number of rotatable bonds is 11. The minimum Gasteiger partial charge on any atom is -0.465 e. The number of likely N-dealkylation sites (tertiary alicyclic amines) is 2. The van der Waals surface area contributed by atoms with Crippen LogP contribution in [0.1, 0.15) is 95.6 Å². The normalized spacial score (nSPS) is 17.5. The summed E-state index contributed by atoms with van der Waals surface area (Å²) in [6, 6.07) is 28.0. The van der Waals surface area contributed by atoms with E-state index in [9.17, 15) is 24.3 Å². The van der Waals surface area contributed by atoms with Gasteiger partial charge in [-0.15, -0.1) is 0 Å². The van der Waals surface area contributed by atoms with Gasteiger partial charge in [0.2, 0.25) is 5.91 Å². The molecule has 2 fully saturated rings. The summed E-state index contributed by atoms with van der Waals surface area (Å²) in [4.78, 5) is 71.8. The van der Waals surface area contributed by atoms with E-state index in [4.69, 9.17) is 9.72 Å². The van der Waals surface area contributed by atoms with Crippen molar-refractivity contribution < 1.29 is 29.0 Å². The first-order valence-corrected chi connectivity index (χ1v) is 21.6. The van der Waals surface area contributed by atoms with Crippen LogP contribution in [0.15, 0.2) is 103 Å². The van der Waals surface area contributed by atoms with Crippen LogP contribution in [0, 0.1) is 5.92 Å². The molecule has 2 aliphatic heterocycles. The third-order valence-electron chi connectivity index (χ3n) is 11.8. The summed E-state index contributed by atoms with van der Waals surface area (Å²) in [6.07, 6.45) is 4.85. The molecule has 0 spiro atoms. The van der Waals surface area contributed by atoms with E-state index in [0.717, 1.165) is 70.1 Å². The van der Waals surface area contributed by atoms with Crippen LogP contribution in [0.25, 0.3) is 44.4 Å². The number of H-pyrrole nitrogens is 2. The molecule has 0 radical (unpaired) electrons. The Bertz CT molecular complexity index is 2610. The van der Waals surface area contributed by atoms with Gasteiger partial charge in [-0.25, -0.2) is 19.6 Å². The lowest BCUT2D eigenvalue weighted by molar-refractivity contribution is -0.136. The number of carbonyl (C=O) groups is 4. The highest BCUT2D eigenvalue weighted by atomic mass is 16.6. The maximum absolute atomic E-state index is 14.2. The van der Waals surface area contributed by atoms with Crippen molar-refractivity contribution in [3.8, 4) is 33.6 Å². The summed E-state index contributed by atoms with van der Waals surface area (Å²) < 4.78 is 5.52. The van der Waals surface area contributed by atoms with Crippen LogP contribution in [-0.2, 0) is 14.3 Å². The highest BCUT2D eigenvalue weighted by Crippen LogP contribution is 2.36. The molecule has 4 heterocycles. The Balaban J connectivity index is 0.942. The number of aromatic amines is 2. The molecule has 4 unspecified atom stereocenters. The number of amides is 4. The lowest BCUT2D eigenvalue weighted by Crippen LogP contribution is -2.50. The molecule has 5 N–H and O–H groups in total. The third kappa shape index (κ3) is 9.44. The summed E-state index contributed by atoms with van der Waals surface area (Å²) in [7, 11) is 0. The van der Waals surface area contributed by atoms with Crippen molar-refractivity contribution in [2.45, 2.75) is 90.1 Å². The number of imidazole rings is 2. The van der Waals surface area contributed by atoms with E-state index in [1.165, 1.54) is 0 Å². The van der Waals surface area contributed by atoms with Crippen LogP contribution in [0.4, 0.5) is 9.59 Å². The molecule has 6 aromatic rings. The highest BCUT2D eigenvalue weighted by molar-refractivity contribution is 5.91. The van der Waals surface area contributed by atoms with Crippen molar-refractivity contribution in [1.29, 1.82) is 0 Å². The molecule has 14 heteroatoms. The van der Waals surface area contributed by atoms with Crippen molar-refractivity contribution in [3.63, 3.8) is 0 Å². The maximum atomic E-state index is 14.2. The predicted molar refractivity (Wildman–Crippen MR) is 240 cm³/mol. The van der Waals surface area contributed by atoms with Gasteiger partial charge >= 0.3 is 12.2 Å². The molecular weight excluding hydrogens is 797 g/mol. The number of alkyl carbamates (subject to hydrolysis) is 1. The van der Waals surface area contributed by atoms with E-state index in [2.05, 4.69) is 86.2 Å². The van der Waals surface area contributed by atoms with E-state index in [-0.39, 0.29) is 29.8 Å². The minimum absolute atomic E-state index is 0.191. The molecule has 0 saturated carbocycles. The average molecular weight is 851 g/mol. The van der Waals surface area contributed by atoms with Gasteiger partial charge < -0.3 is 40.2 Å². The van der Waals surface area contributed by atoms with Crippen molar-refractivity contribution in [1.82, 2.24) is 40.4 Å². The van der Waals surface area contributed by atoms with Gasteiger partial charge in [0, 0.05) is 18.7 Å². The van der Waals surface area contributed by atoms with Gasteiger partial charge in [0.15, 0.2) is 0 Å². The summed E-state index contributed by atoms with van der Waals surface area (Å²) in [6.45, 7) is 10.1. The van der Waals surface area contributed by atoms with Crippen molar-refractivity contribution in [2.75, 3.05) is 13.1 Å². The molecule has 2 aromatic heterocycles. The maximum Gasteiger partial charge on any atom is 0.408 e. The molecule has 326 valence electrons. The Morgan fingerprint density at radius 1 is 0.698 bits per heavy atom. The average Bonchev–Trinajstić information content (AvgIpc) is 4.11. The molecular formula is C49H54N8O6. The number of hydrogen-bond donors (Lipinski definition) is 5. The minimum atomic E-state index is -1.21. The van der Waals surface area contributed by atoms with Crippen molar-refractivity contribution >= 4 is 34.8 Å². The second-order valence-corrected chi connectivity index (χ2v) is 17.8. The molecule has 4 aromatic carbocycles. The number of aromatic nitrogens is 4. The Morgan fingerprint density at radius 2 is 1.22 bits per heavy atom. The van der Waals surface area contributed by atoms with Crippen LogP contribution >= 0.6 is 0 Å². The number of benzene rings is 4. The number of carboxylic acid groups (broad SMARTS) is 1. The number of carbonyl (C=O) groups excluding carboxylic acids is 3. The second-order valence-electron chi connectivity index (χ2n) is 17.8. The van der Waals surface area contributed by atoms with Gasteiger partial charge in [0.25, 0.3) is 5.91 Å². The van der Waals surface area contributed by atoms with Crippen LogP contribution in [0.5, 0.6) is 0 Å². The molecule has 2 saturated heterocycles. The zero-order valence-electron chi connectivity index (χ0n) is 36.2. The monoisotopic (exact) mass is 850 g/mol. The molecule has 14 nitrogen and oxygen atoms in total. The van der Waals surface area contributed by atoms with E-state index in [0.29, 0.717) is 30.3 Å². The van der Waals surface area contributed by atoms with Crippen molar-refractivity contribution in [2.24, 2.45) is 5.92 Å². The summed E-state index contributed by atoms with van der Waals surface area (Å²) in [5, 5.41) is 16.7. The first-order chi connectivity index (χ1) is 30.2. The Labute approximate surface area is 366 Å². The summed E-state index contributed by atoms with van der Waals surface area (Å²) >= 11 is 0. The van der Waals surface area contributed by atoms with Gasteiger partial charge in [-0.3, -0.25) is 9.59 Å². The van der Waals surface area contributed by atoms with Crippen LogP contribution < -0.4 is 10.6 Å². The number of fused-ring (bicyclic) bond motifs is 1. The van der Waals surface area contributed by atoms with E-state index in [1.54, 1.807) is 43.0 Å². The van der Waals surface area contributed by atoms with Crippen LogP contribution in [0.3, 0.4) is 0 Å². The van der Waals surface area contributed by atoms with Gasteiger partial charge in [-0.1, -0.05) is 92.7 Å².